The normalized spacial score (nSPS) is 10.6. The number of aromatic nitrogens is 1. The first-order valence-corrected chi connectivity index (χ1v) is 9.22. The predicted octanol–water partition coefficient (Wildman–Crippen LogP) is 4.95. The van der Waals surface area contributed by atoms with Gasteiger partial charge in [0.2, 0.25) is 5.91 Å². The summed E-state index contributed by atoms with van der Waals surface area (Å²) in [5.74, 6) is 0.775. The summed E-state index contributed by atoms with van der Waals surface area (Å²) < 4.78 is 7.76. The topological polar surface area (TPSA) is 67.0 Å². The van der Waals surface area contributed by atoms with Crippen molar-refractivity contribution in [2.75, 3.05) is 11.9 Å². The van der Waals surface area contributed by atoms with Gasteiger partial charge in [-0.1, -0.05) is 19.1 Å². The summed E-state index contributed by atoms with van der Waals surface area (Å²) in [7, 11) is 0. The van der Waals surface area contributed by atoms with E-state index in [1.165, 1.54) is 0 Å². The van der Waals surface area contributed by atoms with Crippen LogP contribution in [0, 0.1) is 11.3 Å². The van der Waals surface area contributed by atoms with E-state index in [1.807, 2.05) is 56.3 Å². The Balaban J connectivity index is 2.13. The molecule has 1 heterocycles. The number of fused-ring (bicyclic) bond motifs is 1. The number of amides is 1. The predicted molar refractivity (Wildman–Crippen MR) is 108 cm³/mol. The second kappa shape index (κ2) is 7.96. The molecule has 3 rings (SSSR count). The minimum absolute atomic E-state index is 0.0217. The van der Waals surface area contributed by atoms with E-state index in [2.05, 4.69) is 22.9 Å². The van der Waals surface area contributed by atoms with E-state index in [0.717, 1.165) is 40.1 Å². The third-order valence-corrected chi connectivity index (χ3v) is 4.54. The Morgan fingerprint density at radius 2 is 1.89 bits per heavy atom. The zero-order chi connectivity index (χ0) is 19.4. The quantitative estimate of drug-likeness (QED) is 0.676. The molecular weight excluding hydrogens is 338 g/mol. The van der Waals surface area contributed by atoms with Gasteiger partial charge in [-0.2, -0.15) is 5.26 Å². The molecule has 5 heteroatoms. The van der Waals surface area contributed by atoms with Crippen molar-refractivity contribution in [3.8, 4) is 23.1 Å². The molecule has 0 bridgehead atoms. The lowest BCUT2D eigenvalue weighted by atomic mass is 10.1. The summed E-state index contributed by atoms with van der Waals surface area (Å²) in [6.07, 6.45) is 0.437. The van der Waals surface area contributed by atoms with E-state index in [9.17, 15) is 10.1 Å². The maximum atomic E-state index is 11.6. The third kappa shape index (κ3) is 3.52. The zero-order valence-electron chi connectivity index (χ0n) is 15.9. The van der Waals surface area contributed by atoms with Gasteiger partial charge in [0.25, 0.3) is 0 Å². The largest absolute Gasteiger partial charge is 0.494 e. The van der Waals surface area contributed by atoms with Crippen molar-refractivity contribution in [2.24, 2.45) is 0 Å². The fraction of sp³-hybridized carbons (Fsp3) is 0.273. The minimum Gasteiger partial charge on any atom is -0.494 e. The Labute approximate surface area is 159 Å². The molecule has 0 saturated carbocycles. The van der Waals surface area contributed by atoms with Crippen LogP contribution in [-0.4, -0.2) is 17.1 Å². The second-order valence-electron chi connectivity index (χ2n) is 6.17. The molecule has 0 fully saturated rings. The number of benzene rings is 2. The second-order valence-corrected chi connectivity index (χ2v) is 6.17. The summed E-state index contributed by atoms with van der Waals surface area (Å²) in [5.41, 5.74) is 4.22. The van der Waals surface area contributed by atoms with Crippen molar-refractivity contribution in [1.29, 1.82) is 5.26 Å². The molecule has 138 valence electrons. The van der Waals surface area contributed by atoms with Crippen LogP contribution in [0.2, 0.25) is 0 Å². The molecule has 0 unspecified atom stereocenters. The number of nitrogens with zero attached hydrogens (tertiary/aromatic N) is 2. The van der Waals surface area contributed by atoms with Crippen LogP contribution < -0.4 is 10.1 Å². The summed E-state index contributed by atoms with van der Waals surface area (Å²) in [5, 5.41) is 13.6. The molecule has 0 aliphatic heterocycles. The van der Waals surface area contributed by atoms with Crippen LogP contribution in [0.5, 0.6) is 5.75 Å². The number of nitriles is 1. The maximum Gasteiger partial charge on any atom is 0.224 e. The van der Waals surface area contributed by atoms with Gasteiger partial charge in [-0.15, -0.1) is 0 Å². The van der Waals surface area contributed by atoms with E-state index in [-0.39, 0.29) is 5.91 Å². The molecule has 2 aromatic carbocycles. The highest BCUT2D eigenvalue weighted by atomic mass is 16.5. The van der Waals surface area contributed by atoms with Gasteiger partial charge in [0.15, 0.2) is 0 Å². The van der Waals surface area contributed by atoms with Gasteiger partial charge in [-0.3, -0.25) is 4.79 Å². The molecule has 27 heavy (non-hydrogen) atoms. The molecule has 1 amide bonds. The number of ether oxygens (including phenoxy) is 1. The van der Waals surface area contributed by atoms with Gasteiger partial charge in [0.05, 0.1) is 23.4 Å². The number of hydrogen-bond acceptors (Lipinski definition) is 3. The molecule has 0 aliphatic carbocycles. The van der Waals surface area contributed by atoms with Gasteiger partial charge >= 0.3 is 0 Å². The standard InChI is InChI=1S/C22H23N3O2/c1-4-21(26)24-16-9-7-15(8-10-16)22-19(14-23)18-12-11-17(27-6-3)13-20(18)25(22)5-2/h7-13H,4-6H2,1-3H3,(H,24,26). The van der Waals surface area contributed by atoms with Crippen LogP contribution in [0.3, 0.4) is 0 Å². The van der Waals surface area contributed by atoms with Gasteiger partial charge < -0.3 is 14.6 Å². The van der Waals surface area contributed by atoms with Crippen molar-refractivity contribution < 1.29 is 9.53 Å². The van der Waals surface area contributed by atoms with E-state index in [4.69, 9.17) is 4.74 Å². The first-order chi connectivity index (χ1) is 13.1. The van der Waals surface area contributed by atoms with Crippen molar-refractivity contribution >= 4 is 22.5 Å². The van der Waals surface area contributed by atoms with Crippen molar-refractivity contribution in [3.05, 3.63) is 48.0 Å². The van der Waals surface area contributed by atoms with Gasteiger partial charge in [0.1, 0.15) is 11.8 Å². The van der Waals surface area contributed by atoms with Crippen LogP contribution in [0.25, 0.3) is 22.2 Å². The van der Waals surface area contributed by atoms with Gasteiger partial charge in [-0.25, -0.2) is 0 Å². The van der Waals surface area contributed by atoms with Gasteiger partial charge in [0, 0.05) is 30.1 Å². The van der Waals surface area contributed by atoms with Crippen LogP contribution in [0.4, 0.5) is 5.69 Å². The highest BCUT2D eigenvalue weighted by Gasteiger charge is 2.18. The van der Waals surface area contributed by atoms with Crippen molar-refractivity contribution in [3.63, 3.8) is 0 Å². The van der Waals surface area contributed by atoms with Crippen LogP contribution in [0.1, 0.15) is 32.8 Å². The van der Waals surface area contributed by atoms with Crippen molar-refractivity contribution in [2.45, 2.75) is 33.7 Å². The van der Waals surface area contributed by atoms with Crippen LogP contribution in [-0.2, 0) is 11.3 Å². The molecule has 0 radical (unpaired) electrons. The Morgan fingerprint density at radius 3 is 2.48 bits per heavy atom. The first kappa shape index (κ1) is 18.5. The Bertz CT molecular complexity index is 1010. The summed E-state index contributed by atoms with van der Waals surface area (Å²) in [6, 6.07) is 15.8. The average Bonchev–Trinajstić information content (AvgIpc) is 3.01. The van der Waals surface area contributed by atoms with Crippen LogP contribution >= 0.6 is 0 Å². The first-order valence-electron chi connectivity index (χ1n) is 9.22. The number of nitrogens with one attached hydrogen (secondary N) is 1. The van der Waals surface area contributed by atoms with E-state index in [0.29, 0.717) is 18.6 Å². The van der Waals surface area contributed by atoms with E-state index in [1.54, 1.807) is 0 Å². The average molecular weight is 361 g/mol. The number of rotatable bonds is 6. The minimum atomic E-state index is -0.0217. The zero-order valence-corrected chi connectivity index (χ0v) is 15.9. The lowest BCUT2D eigenvalue weighted by Gasteiger charge is -2.10. The SMILES string of the molecule is CCOc1ccc2c(C#N)c(-c3ccc(NC(=O)CC)cc3)n(CC)c2c1. The highest BCUT2D eigenvalue weighted by molar-refractivity contribution is 5.96. The number of carbonyl (C=O) groups excluding carboxylic acids is 1. The van der Waals surface area contributed by atoms with Crippen LogP contribution in [0.15, 0.2) is 42.5 Å². The molecule has 5 nitrogen and oxygen atoms in total. The molecule has 1 aromatic heterocycles. The molecule has 0 atom stereocenters. The molecule has 0 aliphatic rings. The van der Waals surface area contributed by atoms with Crippen molar-refractivity contribution in [1.82, 2.24) is 4.57 Å². The molecule has 3 aromatic rings. The summed E-state index contributed by atoms with van der Waals surface area (Å²) in [6.45, 7) is 7.17. The molecule has 1 N–H and O–H groups in total. The monoisotopic (exact) mass is 361 g/mol. The number of aryl methyl sites for hydroxylation is 1. The Hall–Kier alpha value is -3.26. The number of carbonyl (C=O) groups is 1. The molecular formula is C22H23N3O2. The smallest absolute Gasteiger partial charge is 0.224 e. The van der Waals surface area contributed by atoms with E-state index < -0.39 is 0 Å². The lowest BCUT2D eigenvalue weighted by Crippen LogP contribution is -2.09. The third-order valence-electron chi connectivity index (χ3n) is 4.54. The fourth-order valence-corrected chi connectivity index (χ4v) is 3.29. The summed E-state index contributed by atoms with van der Waals surface area (Å²) in [4.78, 5) is 11.6. The lowest BCUT2D eigenvalue weighted by molar-refractivity contribution is -0.115. The highest BCUT2D eigenvalue weighted by Crippen LogP contribution is 2.35. The summed E-state index contributed by atoms with van der Waals surface area (Å²) >= 11 is 0. The maximum absolute atomic E-state index is 11.6. The number of hydrogen-bond donors (Lipinski definition) is 1. The Morgan fingerprint density at radius 1 is 1.15 bits per heavy atom. The molecule has 0 saturated heterocycles. The molecule has 0 spiro atoms. The Kier molecular flexibility index (Phi) is 5.46. The number of anilines is 1. The fourth-order valence-electron chi connectivity index (χ4n) is 3.29. The van der Waals surface area contributed by atoms with Gasteiger partial charge in [-0.05, 0) is 43.7 Å². The van der Waals surface area contributed by atoms with E-state index >= 15 is 0 Å².